The lowest BCUT2D eigenvalue weighted by Gasteiger charge is -2.37. The van der Waals surface area contributed by atoms with Crippen molar-refractivity contribution in [2.75, 3.05) is 26.2 Å². The maximum atomic E-state index is 14.2. The highest BCUT2D eigenvalue weighted by molar-refractivity contribution is 6.31. The Bertz CT molecular complexity index is 1410. The molecule has 1 spiro atoms. The van der Waals surface area contributed by atoms with Crippen molar-refractivity contribution < 1.29 is 32.6 Å². The van der Waals surface area contributed by atoms with Gasteiger partial charge >= 0.3 is 0 Å². The minimum atomic E-state index is -1.99. The van der Waals surface area contributed by atoms with Crippen LogP contribution >= 0.6 is 23.2 Å². The fraction of sp³-hybridized carbons (Fsp3) is 0.429. The van der Waals surface area contributed by atoms with Gasteiger partial charge in [0.15, 0.2) is 17.9 Å². The van der Waals surface area contributed by atoms with E-state index in [1.165, 1.54) is 41.3 Å². The van der Waals surface area contributed by atoms with Gasteiger partial charge in [0.05, 0.1) is 22.2 Å². The predicted octanol–water partition coefficient (Wildman–Crippen LogP) is 4.68. The number of nitriles is 2. The zero-order chi connectivity index (χ0) is 29.9. The molecule has 3 aliphatic rings. The van der Waals surface area contributed by atoms with Crippen molar-refractivity contribution in [3.63, 3.8) is 0 Å². The topological polar surface area (TPSA) is 121 Å². The Morgan fingerprint density at radius 2 is 1.34 bits per heavy atom. The third kappa shape index (κ3) is 6.60. The Hall–Kier alpha value is -3.35. The number of alkyl halides is 1. The Morgan fingerprint density at radius 1 is 0.902 bits per heavy atom. The Morgan fingerprint density at radius 3 is 1.71 bits per heavy atom. The van der Waals surface area contributed by atoms with Crippen LogP contribution in [0, 0.1) is 34.3 Å². The summed E-state index contributed by atoms with van der Waals surface area (Å²) in [6.45, 7) is 1.21. The number of rotatable bonds is 3. The van der Waals surface area contributed by atoms with Crippen LogP contribution in [0.2, 0.25) is 10.0 Å². The van der Waals surface area contributed by atoms with Gasteiger partial charge in [0, 0.05) is 50.1 Å². The molecule has 2 aromatic carbocycles. The lowest BCUT2D eigenvalue weighted by atomic mass is 9.88. The summed E-state index contributed by atoms with van der Waals surface area (Å²) in [5, 5.41) is 26.6. The highest BCUT2D eigenvalue weighted by Gasteiger charge is 2.58. The number of carbonyl (C=O) groups is 2. The molecule has 2 unspecified atom stereocenters. The average molecular weight is 609 g/mol. The van der Waals surface area contributed by atoms with Crippen LogP contribution in [-0.4, -0.2) is 76.4 Å². The van der Waals surface area contributed by atoms with Crippen LogP contribution in [-0.2, 0) is 4.74 Å². The number of benzene rings is 2. The standard InChI is InChI=1S/C14H13ClF2N2O2.C14H12ClFN2O2/c15-10-7-9(1-2-11(10)16)13(21)19-5-3-14(17,4-6-19)12(20)8-18;15-10-7-9(1-2-11(10)16)13(19)18-5-3-14(4-6-18)12(8-17)20-14/h1-2,7,12,20H,3-6H2;1-2,7,12H,3-6H2. The molecule has 3 fully saturated rings. The first-order chi connectivity index (χ1) is 19.4. The molecule has 13 heteroatoms. The number of piperidine rings is 2. The number of hydrogen-bond acceptors (Lipinski definition) is 6. The second-order valence-electron chi connectivity index (χ2n) is 10.1. The molecule has 1 N–H and O–H groups in total. The van der Waals surface area contributed by atoms with Crippen molar-refractivity contribution in [2.24, 2.45) is 0 Å². The number of halogens is 5. The second kappa shape index (κ2) is 12.3. The minimum absolute atomic E-state index is 0.0561. The summed E-state index contributed by atoms with van der Waals surface area (Å²) in [6, 6.07) is 11.2. The zero-order valence-electron chi connectivity index (χ0n) is 21.6. The molecule has 0 radical (unpaired) electrons. The van der Waals surface area contributed by atoms with E-state index in [9.17, 15) is 27.9 Å². The predicted molar refractivity (Wildman–Crippen MR) is 142 cm³/mol. The van der Waals surface area contributed by atoms with Crippen molar-refractivity contribution in [3.05, 3.63) is 69.2 Å². The third-order valence-corrected chi connectivity index (χ3v) is 8.19. The number of likely N-dealkylation sites (tertiary alicyclic amines) is 2. The summed E-state index contributed by atoms with van der Waals surface area (Å²) in [5.41, 5.74) is -1.74. The Kier molecular flexibility index (Phi) is 9.15. The van der Waals surface area contributed by atoms with Crippen LogP contribution in [0.15, 0.2) is 36.4 Å². The fourth-order valence-electron chi connectivity index (χ4n) is 4.91. The summed E-state index contributed by atoms with van der Waals surface area (Å²) in [6.07, 6.45) is -0.960. The summed E-state index contributed by atoms with van der Waals surface area (Å²) < 4.78 is 45.8. The molecule has 3 heterocycles. The van der Waals surface area contributed by atoms with Gasteiger partial charge in [0.1, 0.15) is 17.2 Å². The van der Waals surface area contributed by atoms with Crippen LogP contribution in [0.4, 0.5) is 13.2 Å². The molecule has 2 atom stereocenters. The van der Waals surface area contributed by atoms with E-state index in [1.54, 1.807) is 4.90 Å². The van der Waals surface area contributed by atoms with E-state index in [0.717, 1.165) is 6.07 Å². The van der Waals surface area contributed by atoms with Crippen LogP contribution in [0.3, 0.4) is 0 Å². The zero-order valence-corrected chi connectivity index (χ0v) is 23.1. The molecule has 2 aromatic rings. The number of amides is 2. The first-order valence-corrected chi connectivity index (χ1v) is 13.5. The summed E-state index contributed by atoms with van der Waals surface area (Å²) in [7, 11) is 0. The van der Waals surface area contributed by atoms with Crippen molar-refractivity contribution in [3.8, 4) is 12.1 Å². The number of aliphatic hydroxyl groups is 1. The smallest absolute Gasteiger partial charge is 0.253 e. The van der Waals surface area contributed by atoms with Crippen molar-refractivity contribution in [1.82, 2.24) is 9.80 Å². The number of carbonyl (C=O) groups excluding carboxylic acids is 2. The molecule has 0 aliphatic carbocycles. The van der Waals surface area contributed by atoms with E-state index in [4.69, 9.17) is 38.5 Å². The normalized spacial score (nSPS) is 21.1. The van der Waals surface area contributed by atoms with E-state index < -0.39 is 23.4 Å². The summed E-state index contributed by atoms with van der Waals surface area (Å²) >= 11 is 11.3. The molecule has 8 nitrogen and oxygen atoms in total. The molecule has 5 rings (SSSR count). The lowest BCUT2D eigenvalue weighted by Crippen LogP contribution is -2.49. The molecule has 2 amide bonds. The molecule has 0 aromatic heterocycles. The number of aliphatic hydroxyl groups excluding tert-OH is 1. The molecule has 0 bridgehead atoms. The Labute approximate surface area is 244 Å². The minimum Gasteiger partial charge on any atom is -0.375 e. The number of epoxide rings is 1. The maximum absolute atomic E-state index is 14.2. The maximum Gasteiger partial charge on any atom is 0.253 e. The van der Waals surface area contributed by atoms with Crippen LogP contribution < -0.4 is 0 Å². The van der Waals surface area contributed by atoms with E-state index in [1.807, 2.05) is 0 Å². The van der Waals surface area contributed by atoms with Gasteiger partial charge in [-0.2, -0.15) is 10.5 Å². The number of nitrogens with zero attached hydrogens (tertiary/aromatic N) is 4. The van der Waals surface area contributed by atoms with Crippen LogP contribution in [0.1, 0.15) is 46.4 Å². The number of ether oxygens (including phenoxy) is 1. The largest absolute Gasteiger partial charge is 0.375 e. The van der Waals surface area contributed by atoms with Gasteiger partial charge in [-0.05, 0) is 49.2 Å². The van der Waals surface area contributed by atoms with Gasteiger partial charge in [0.25, 0.3) is 11.8 Å². The third-order valence-electron chi connectivity index (χ3n) is 7.61. The second-order valence-corrected chi connectivity index (χ2v) is 10.9. The molecule has 41 heavy (non-hydrogen) atoms. The lowest BCUT2D eigenvalue weighted by molar-refractivity contribution is -0.0201. The van der Waals surface area contributed by atoms with Gasteiger partial charge in [-0.1, -0.05) is 23.2 Å². The quantitative estimate of drug-likeness (QED) is 0.399. The van der Waals surface area contributed by atoms with Crippen molar-refractivity contribution in [2.45, 2.75) is 49.2 Å². The molecule has 0 saturated carbocycles. The van der Waals surface area contributed by atoms with Gasteiger partial charge in [-0.25, -0.2) is 13.2 Å². The summed E-state index contributed by atoms with van der Waals surface area (Å²) in [5.74, 6) is -1.71. The van der Waals surface area contributed by atoms with Crippen molar-refractivity contribution >= 4 is 35.0 Å². The first kappa shape index (κ1) is 30.6. The van der Waals surface area contributed by atoms with Gasteiger partial charge in [-0.15, -0.1) is 0 Å². The van der Waals surface area contributed by atoms with E-state index in [-0.39, 0.29) is 65.1 Å². The molecule has 3 saturated heterocycles. The molecular weight excluding hydrogens is 584 g/mol. The van der Waals surface area contributed by atoms with E-state index in [2.05, 4.69) is 6.07 Å². The first-order valence-electron chi connectivity index (χ1n) is 12.8. The van der Waals surface area contributed by atoms with Gasteiger partial charge in [0.2, 0.25) is 0 Å². The molecule has 216 valence electrons. The van der Waals surface area contributed by atoms with E-state index >= 15 is 0 Å². The van der Waals surface area contributed by atoms with Crippen LogP contribution in [0.25, 0.3) is 0 Å². The highest BCUT2D eigenvalue weighted by Crippen LogP contribution is 2.45. The highest BCUT2D eigenvalue weighted by atomic mass is 35.5. The summed E-state index contributed by atoms with van der Waals surface area (Å²) in [4.78, 5) is 27.6. The van der Waals surface area contributed by atoms with Gasteiger partial charge in [-0.3, -0.25) is 9.59 Å². The monoisotopic (exact) mass is 608 g/mol. The molecular formula is C28H25Cl2F3N4O4. The van der Waals surface area contributed by atoms with Gasteiger partial charge < -0.3 is 19.6 Å². The SMILES string of the molecule is N#CC(O)C1(F)CCN(C(=O)c2ccc(F)c(Cl)c2)CC1.N#CC1OC12CCN(C(=O)c1ccc(F)c(Cl)c1)CC2. The van der Waals surface area contributed by atoms with Crippen molar-refractivity contribution in [1.29, 1.82) is 10.5 Å². The fourth-order valence-corrected chi connectivity index (χ4v) is 5.27. The van der Waals surface area contributed by atoms with Crippen LogP contribution in [0.5, 0.6) is 0 Å². The average Bonchev–Trinajstić information content (AvgIpc) is 3.67. The molecule has 3 aliphatic heterocycles. The number of hydrogen-bond donors (Lipinski definition) is 1. The Balaban J connectivity index is 0.000000189. The van der Waals surface area contributed by atoms with E-state index in [0.29, 0.717) is 31.5 Å².